The minimum Gasteiger partial charge on any atom is -0.465 e. The minimum absolute atomic E-state index is 0.128. The molecule has 0 radical (unpaired) electrons. The molecule has 0 spiro atoms. The van der Waals surface area contributed by atoms with Gasteiger partial charge in [0.05, 0.1) is 18.9 Å². The van der Waals surface area contributed by atoms with E-state index in [2.05, 4.69) is 4.74 Å². The first kappa shape index (κ1) is 15.1. The lowest BCUT2D eigenvalue weighted by atomic mass is 10.2. The van der Waals surface area contributed by atoms with E-state index in [1.165, 1.54) is 31.4 Å². The van der Waals surface area contributed by atoms with E-state index in [0.29, 0.717) is 0 Å². The third-order valence-electron chi connectivity index (χ3n) is 1.97. The molecule has 0 fully saturated rings. The van der Waals surface area contributed by atoms with Crippen LogP contribution in [-0.4, -0.2) is 40.3 Å². The normalized spacial score (nSPS) is 10.8. The summed E-state index contributed by atoms with van der Waals surface area (Å²) in [5, 5.41) is 0. The van der Waals surface area contributed by atoms with Crippen LogP contribution in [0.15, 0.2) is 24.3 Å². The third-order valence-corrected chi connectivity index (χ3v) is 2.63. The van der Waals surface area contributed by atoms with Crippen LogP contribution < -0.4 is 9.46 Å². The number of carbonyl (C=O) groups excluding carboxylic acids is 2. The second kappa shape index (κ2) is 6.30. The summed E-state index contributed by atoms with van der Waals surface area (Å²) in [5.74, 6) is -1.22. The molecule has 1 rings (SSSR count). The first-order chi connectivity index (χ1) is 8.81. The van der Waals surface area contributed by atoms with E-state index in [0.717, 1.165) is 6.26 Å². The number of benzene rings is 1. The van der Waals surface area contributed by atoms with Gasteiger partial charge in [-0.25, -0.2) is 17.9 Å². The van der Waals surface area contributed by atoms with Gasteiger partial charge < -0.3 is 9.47 Å². The van der Waals surface area contributed by atoms with Crippen LogP contribution in [-0.2, 0) is 19.6 Å². The van der Waals surface area contributed by atoms with Crippen LogP contribution in [0.25, 0.3) is 0 Å². The monoisotopic (exact) mass is 287 g/mol. The van der Waals surface area contributed by atoms with Gasteiger partial charge in [-0.05, 0) is 18.2 Å². The molecule has 1 aromatic carbocycles. The van der Waals surface area contributed by atoms with Gasteiger partial charge in [-0.15, -0.1) is 0 Å². The van der Waals surface area contributed by atoms with Crippen molar-refractivity contribution in [2.24, 2.45) is 0 Å². The maximum absolute atomic E-state index is 11.3. The molecule has 1 aromatic rings. The predicted molar refractivity (Wildman–Crippen MR) is 66.3 cm³/mol. The molecule has 0 heterocycles. The average molecular weight is 287 g/mol. The van der Waals surface area contributed by atoms with E-state index in [4.69, 9.17) is 4.74 Å². The SMILES string of the molecule is COC(=O)c1cccc(OC(=O)CNS(C)(=O)=O)c1. The summed E-state index contributed by atoms with van der Waals surface area (Å²) >= 11 is 0. The lowest BCUT2D eigenvalue weighted by molar-refractivity contribution is -0.133. The Labute approximate surface area is 110 Å². The summed E-state index contributed by atoms with van der Waals surface area (Å²) in [6.07, 6.45) is 0.929. The molecule has 1 N–H and O–H groups in total. The standard InChI is InChI=1S/C11H13NO6S/c1-17-11(14)8-4-3-5-9(6-8)18-10(13)7-12-19(2,15)16/h3-6,12H,7H2,1-2H3. The molecule has 0 aliphatic rings. The van der Waals surface area contributed by atoms with Crippen LogP contribution in [0.1, 0.15) is 10.4 Å². The molecule has 7 nitrogen and oxygen atoms in total. The molecule has 0 unspecified atom stereocenters. The summed E-state index contributed by atoms with van der Waals surface area (Å²) in [6.45, 7) is -0.485. The molecule has 8 heteroatoms. The zero-order valence-electron chi connectivity index (χ0n) is 10.4. The topological polar surface area (TPSA) is 98.8 Å². The highest BCUT2D eigenvalue weighted by Gasteiger charge is 2.11. The van der Waals surface area contributed by atoms with E-state index in [9.17, 15) is 18.0 Å². The zero-order chi connectivity index (χ0) is 14.5. The number of esters is 2. The number of rotatable bonds is 5. The average Bonchev–Trinajstić information content (AvgIpc) is 2.35. The van der Waals surface area contributed by atoms with Gasteiger partial charge in [0.25, 0.3) is 0 Å². The summed E-state index contributed by atoms with van der Waals surface area (Å²) < 4.78 is 33.0. The van der Waals surface area contributed by atoms with Gasteiger partial charge >= 0.3 is 11.9 Å². The van der Waals surface area contributed by atoms with Gasteiger partial charge in [-0.1, -0.05) is 6.07 Å². The van der Waals surface area contributed by atoms with Gasteiger partial charge in [0.2, 0.25) is 10.0 Å². The fourth-order valence-corrected chi connectivity index (χ4v) is 1.54. The highest BCUT2D eigenvalue weighted by Crippen LogP contribution is 2.14. The molecule has 0 saturated carbocycles. The van der Waals surface area contributed by atoms with Crippen LogP contribution in [0.4, 0.5) is 0 Å². The lowest BCUT2D eigenvalue weighted by Gasteiger charge is -2.06. The van der Waals surface area contributed by atoms with Crippen molar-refractivity contribution in [1.82, 2.24) is 4.72 Å². The van der Waals surface area contributed by atoms with E-state index in [1.54, 1.807) is 0 Å². The molecule has 0 aliphatic heterocycles. The molecular formula is C11H13NO6S. The van der Waals surface area contributed by atoms with Crippen molar-refractivity contribution in [3.8, 4) is 5.75 Å². The van der Waals surface area contributed by atoms with Crippen LogP contribution in [0.3, 0.4) is 0 Å². The highest BCUT2D eigenvalue weighted by atomic mass is 32.2. The van der Waals surface area contributed by atoms with Gasteiger partial charge in [0.15, 0.2) is 0 Å². The second-order valence-electron chi connectivity index (χ2n) is 3.59. The molecule has 0 aliphatic carbocycles. The summed E-state index contributed by atoms with van der Waals surface area (Å²) in [6, 6.07) is 5.80. The van der Waals surface area contributed by atoms with Crippen LogP contribution in [0.2, 0.25) is 0 Å². The highest BCUT2D eigenvalue weighted by molar-refractivity contribution is 7.88. The Morgan fingerprint density at radius 1 is 1.32 bits per heavy atom. The van der Waals surface area contributed by atoms with Crippen LogP contribution >= 0.6 is 0 Å². The van der Waals surface area contributed by atoms with Crippen molar-refractivity contribution in [2.45, 2.75) is 0 Å². The number of methoxy groups -OCH3 is 1. The van der Waals surface area contributed by atoms with Gasteiger partial charge in [-0.3, -0.25) is 4.79 Å². The lowest BCUT2D eigenvalue weighted by Crippen LogP contribution is -2.31. The number of carbonyl (C=O) groups is 2. The predicted octanol–water partition coefficient (Wildman–Crippen LogP) is -0.0722. The van der Waals surface area contributed by atoms with Crippen LogP contribution in [0, 0.1) is 0 Å². The molecule has 0 aromatic heterocycles. The van der Waals surface area contributed by atoms with E-state index >= 15 is 0 Å². The zero-order valence-corrected chi connectivity index (χ0v) is 11.2. The number of nitrogens with one attached hydrogen (secondary N) is 1. The van der Waals surface area contributed by atoms with Crippen molar-refractivity contribution < 1.29 is 27.5 Å². The van der Waals surface area contributed by atoms with E-state index in [1.807, 2.05) is 4.72 Å². The van der Waals surface area contributed by atoms with Crippen molar-refractivity contribution >= 4 is 22.0 Å². The van der Waals surface area contributed by atoms with Gasteiger partial charge in [0.1, 0.15) is 12.3 Å². The molecule has 0 atom stereocenters. The number of sulfonamides is 1. The summed E-state index contributed by atoms with van der Waals surface area (Å²) in [5.41, 5.74) is 0.226. The number of hydrogen-bond acceptors (Lipinski definition) is 6. The number of ether oxygens (including phenoxy) is 2. The maximum Gasteiger partial charge on any atom is 0.337 e. The molecule has 104 valence electrons. The van der Waals surface area contributed by atoms with Crippen molar-refractivity contribution in [3.63, 3.8) is 0 Å². The van der Waals surface area contributed by atoms with Crippen molar-refractivity contribution in [2.75, 3.05) is 19.9 Å². The Balaban J connectivity index is 2.67. The van der Waals surface area contributed by atoms with Crippen molar-refractivity contribution in [3.05, 3.63) is 29.8 Å². The van der Waals surface area contributed by atoms with Gasteiger partial charge in [-0.2, -0.15) is 0 Å². The maximum atomic E-state index is 11.3. The molecular weight excluding hydrogens is 274 g/mol. The molecule has 19 heavy (non-hydrogen) atoms. The van der Waals surface area contributed by atoms with Crippen LogP contribution in [0.5, 0.6) is 5.75 Å². The Hall–Kier alpha value is -1.93. The molecule has 0 saturated heterocycles. The Bertz CT molecular complexity index is 581. The third kappa shape index (κ3) is 5.49. The Morgan fingerprint density at radius 2 is 2.00 bits per heavy atom. The molecule has 0 amide bonds. The fourth-order valence-electron chi connectivity index (χ4n) is 1.16. The van der Waals surface area contributed by atoms with Crippen molar-refractivity contribution in [1.29, 1.82) is 0 Å². The Kier molecular flexibility index (Phi) is 5.02. The van der Waals surface area contributed by atoms with E-state index in [-0.39, 0.29) is 11.3 Å². The number of hydrogen-bond donors (Lipinski definition) is 1. The molecule has 0 bridgehead atoms. The quantitative estimate of drug-likeness (QED) is 0.601. The first-order valence-corrected chi connectivity index (χ1v) is 7.04. The summed E-state index contributed by atoms with van der Waals surface area (Å²) in [7, 11) is -2.23. The minimum atomic E-state index is -3.46. The first-order valence-electron chi connectivity index (χ1n) is 5.15. The van der Waals surface area contributed by atoms with Gasteiger partial charge in [0, 0.05) is 0 Å². The summed E-state index contributed by atoms with van der Waals surface area (Å²) in [4.78, 5) is 22.6. The largest absolute Gasteiger partial charge is 0.465 e. The van der Waals surface area contributed by atoms with E-state index < -0.39 is 28.5 Å². The Morgan fingerprint density at radius 3 is 2.58 bits per heavy atom. The fraction of sp³-hybridized carbons (Fsp3) is 0.273. The second-order valence-corrected chi connectivity index (χ2v) is 5.42. The smallest absolute Gasteiger partial charge is 0.337 e.